The summed E-state index contributed by atoms with van der Waals surface area (Å²) in [6.07, 6.45) is 7.55. The molecule has 2 aromatic rings. The topological polar surface area (TPSA) is 61.0 Å². The molecule has 2 N–H and O–H groups in total. The highest BCUT2D eigenvalue weighted by Crippen LogP contribution is 2.35. The van der Waals surface area contributed by atoms with Crippen LogP contribution in [0.5, 0.6) is 23.0 Å². The number of hydrogen-bond donors (Lipinski definition) is 2. The van der Waals surface area contributed by atoms with Crippen molar-refractivity contribution >= 4 is 24.8 Å². The zero-order valence-electron chi connectivity index (χ0n) is 25.1. The lowest BCUT2D eigenvalue weighted by Crippen LogP contribution is -2.22. The minimum atomic E-state index is 0. The van der Waals surface area contributed by atoms with Gasteiger partial charge in [0, 0.05) is 11.1 Å². The molecule has 0 aliphatic carbocycles. The molecule has 0 saturated heterocycles. The van der Waals surface area contributed by atoms with Gasteiger partial charge in [-0.3, -0.25) is 0 Å². The van der Waals surface area contributed by atoms with E-state index in [0.29, 0.717) is 0 Å². The maximum Gasteiger partial charge on any atom is 0.164 e. The molecule has 0 aliphatic rings. The van der Waals surface area contributed by atoms with Crippen molar-refractivity contribution in [1.82, 2.24) is 10.6 Å². The highest BCUT2D eigenvalue weighted by Gasteiger charge is 2.14. The largest absolute Gasteiger partial charge is 0.493 e. The van der Waals surface area contributed by atoms with Gasteiger partial charge in [-0.15, -0.1) is 24.8 Å². The van der Waals surface area contributed by atoms with Gasteiger partial charge < -0.3 is 29.6 Å². The van der Waals surface area contributed by atoms with Crippen LogP contribution in [0.25, 0.3) is 0 Å². The first-order chi connectivity index (χ1) is 18.0. The van der Waals surface area contributed by atoms with Crippen molar-refractivity contribution < 1.29 is 18.9 Å². The molecule has 39 heavy (non-hydrogen) atoms. The Morgan fingerprint density at radius 3 is 1.49 bits per heavy atom. The van der Waals surface area contributed by atoms with E-state index in [1.165, 1.54) is 41.5 Å². The summed E-state index contributed by atoms with van der Waals surface area (Å²) < 4.78 is 22.1. The van der Waals surface area contributed by atoms with E-state index in [2.05, 4.69) is 43.5 Å². The van der Waals surface area contributed by atoms with Crippen LogP contribution < -0.4 is 29.6 Å². The molecule has 6 nitrogen and oxygen atoms in total. The van der Waals surface area contributed by atoms with E-state index >= 15 is 0 Å². The van der Waals surface area contributed by atoms with Gasteiger partial charge in [0.1, 0.15) is 0 Å². The Kier molecular flexibility index (Phi) is 20.0. The van der Waals surface area contributed by atoms with E-state index in [4.69, 9.17) is 18.9 Å². The molecular formula is C31H52Cl2N2O4. The predicted molar refractivity (Wildman–Crippen MR) is 169 cm³/mol. The zero-order chi connectivity index (χ0) is 27.0. The van der Waals surface area contributed by atoms with Crippen molar-refractivity contribution in [3.05, 3.63) is 46.5 Å². The second-order valence-corrected chi connectivity index (χ2v) is 9.62. The predicted octanol–water partition coefficient (Wildman–Crippen LogP) is 6.46. The summed E-state index contributed by atoms with van der Waals surface area (Å²) in [5.41, 5.74) is 5.18. The summed E-state index contributed by atoms with van der Waals surface area (Å²) in [6, 6.07) is 8.37. The van der Waals surface area contributed by atoms with Crippen LogP contribution >= 0.6 is 24.8 Å². The number of nitrogens with one attached hydrogen (secondary N) is 2. The van der Waals surface area contributed by atoms with Gasteiger partial charge in [-0.25, -0.2) is 0 Å². The normalized spacial score (nSPS) is 11.3. The second-order valence-electron chi connectivity index (χ2n) is 9.62. The van der Waals surface area contributed by atoms with Gasteiger partial charge in [0.15, 0.2) is 23.0 Å². The summed E-state index contributed by atoms with van der Waals surface area (Å²) >= 11 is 0. The quantitative estimate of drug-likeness (QED) is 0.184. The van der Waals surface area contributed by atoms with Gasteiger partial charge in [-0.1, -0.05) is 32.9 Å². The molecule has 0 heterocycles. The maximum absolute atomic E-state index is 5.61. The Bertz CT molecular complexity index is 943. The van der Waals surface area contributed by atoms with Crippen LogP contribution in [0, 0.1) is 5.92 Å². The van der Waals surface area contributed by atoms with Crippen molar-refractivity contribution in [2.45, 2.75) is 65.7 Å². The molecule has 8 heteroatoms. The lowest BCUT2D eigenvalue weighted by molar-refractivity contribution is 0.351. The SMILES string of the molecule is CCc1c(CCNCCCC(C)CCNCCc2ccc(OC)c(OC)c2CC)ccc(OC)c1OC.Cl.Cl. The summed E-state index contributed by atoms with van der Waals surface area (Å²) in [5.74, 6) is 4.09. The number of benzene rings is 2. The fourth-order valence-electron chi connectivity index (χ4n) is 5.07. The molecule has 0 aromatic heterocycles. The van der Waals surface area contributed by atoms with Crippen molar-refractivity contribution in [1.29, 1.82) is 0 Å². The van der Waals surface area contributed by atoms with Gasteiger partial charge >= 0.3 is 0 Å². The summed E-state index contributed by atoms with van der Waals surface area (Å²) in [5, 5.41) is 7.26. The third-order valence-corrected chi connectivity index (χ3v) is 7.20. The van der Waals surface area contributed by atoms with Gasteiger partial charge in [0.2, 0.25) is 0 Å². The monoisotopic (exact) mass is 586 g/mol. The molecule has 0 amide bonds. The molecular weight excluding hydrogens is 535 g/mol. The fourth-order valence-corrected chi connectivity index (χ4v) is 5.07. The standard InChI is InChI=1S/C31H50N2O4.2ClH/c1-8-26-24(12-14-28(34-4)30(26)36-6)17-21-32-19-10-11-23(3)16-20-33-22-18-25-13-15-29(35-5)31(37-7)27(25)9-2;;/h12-15,23,32-33H,8-11,16-22H2,1-7H3;2*1H. The molecule has 0 radical (unpaired) electrons. The third-order valence-electron chi connectivity index (χ3n) is 7.20. The van der Waals surface area contributed by atoms with Crippen LogP contribution in [-0.2, 0) is 25.7 Å². The second kappa shape index (κ2) is 21.0. The lowest BCUT2D eigenvalue weighted by Gasteiger charge is -2.17. The van der Waals surface area contributed by atoms with E-state index < -0.39 is 0 Å². The average molecular weight is 588 g/mol. The highest BCUT2D eigenvalue weighted by atomic mass is 35.5. The number of halogens is 2. The van der Waals surface area contributed by atoms with Gasteiger partial charge in [-0.05, 0) is 100 Å². The highest BCUT2D eigenvalue weighted by molar-refractivity contribution is 5.85. The van der Waals surface area contributed by atoms with Crippen LogP contribution in [0.3, 0.4) is 0 Å². The van der Waals surface area contributed by atoms with Gasteiger partial charge in [-0.2, -0.15) is 0 Å². The zero-order valence-corrected chi connectivity index (χ0v) is 26.7. The number of ether oxygens (including phenoxy) is 4. The number of hydrogen-bond acceptors (Lipinski definition) is 6. The van der Waals surface area contributed by atoms with E-state index in [1.54, 1.807) is 28.4 Å². The molecule has 2 rings (SSSR count). The van der Waals surface area contributed by atoms with Crippen molar-refractivity contribution in [3.63, 3.8) is 0 Å². The Morgan fingerprint density at radius 2 is 1.08 bits per heavy atom. The number of methoxy groups -OCH3 is 4. The Labute approximate surface area is 249 Å². The van der Waals surface area contributed by atoms with Crippen molar-refractivity contribution in [3.8, 4) is 23.0 Å². The minimum Gasteiger partial charge on any atom is -0.493 e. The molecule has 1 atom stereocenters. The van der Waals surface area contributed by atoms with Crippen LogP contribution in [0.2, 0.25) is 0 Å². The van der Waals surface area contributed by atoms with Crippen LogP contribution in [0.4, 0.5) is 0 Å². The van der Waals surface area contributed by atoms with Crippen molar-refractivity contribution in [2.75, 3.05) is 54.6 Å². The smallest absolute Gasteiger partial charge is 0.164 e. The van der Waals surface area contributed by atoms with Crippen LogP contribution in [-0.4, -0.2) is 54.6 Å². The summed E-state index contributed by atoms with van der Waals surface area (Å²) in [7, 11) is 6.82. The van der Waals surface area contributed by atoms with E-state index in [0.717, 1.165) is 80.8 Å². The molecule has 0 saturated carbocycles. The summed E-state index contributed by atoms with van der Waals surface area (Å²) in [6.45, 7) is 10.8. The third kappa shape index (κ3) is 11.3. The number of rotatable bonds is 19. The Balaban J connectivity index is 0.00000722. The van der Waals surface area contributed by atoms with E-state index in [-0.39, 0.29) is 24.8 Å². The Hall–Kier alpha value is -1.86. The van der Waals surface area contributed by atoms with Crippen LogP contribution in [0.15, 0.2) is 24.3 Å². The Morgan fingerprint density at radius 1 is 0.615 bits per heavy atom. The molecule has 0 spiro atoms. The first-order valence-corrected chi connectivity index (χ1v) is 13.9. The summed E-state index contributed by atoms with van der Waals surface area (Å²) in [4.78, 5) is 0. The van der Waals surface area contributed by atoms with E-state index in [9.17, 15) is 0 Å². The molecule has 0 aliphatic heterocycles. The molecule has 2 aromatic carbocycles. The molecule has 224 valence electrons. The fraction of sp³-hybridized carbons (Fsp3) is 0.613. The molecule has 1 unspecified atom stereocenters. The van der Waals surface area contributed by atoms with Crippen molar-refractivity contribution in [2.24, 2.45) is 5.92 Å². The van der Waals surface area contributed by atoms with E-state index in [1.807, 2.05) is 12.1 Å². The molecule has 0 bridgehead atoms. The molecule has 0 fully saturated rings. The minimum absolute atomic E-state index is 0. The van der Waals surface area contributed by atoms with Gasteiger partial charge in [0.25, 0.3) is 0 Å². The van der Waals surface area contributed by atoms with Gasteiger partial charge in [0.05, 0.1) is 28.4 Å². The average Bonchev–Trinajstić information content (AvgIpc) is 2.93. The first-order valence-electron chi connectivity index (χ1n) is 13.9. The maximum atomic E-state index is 5.61. The first kappa shape index (κ1) is 37.1. The lowest BCUT2D eigenvalue weighted by atomic mass is 9.99. The van der Waals surface area contributed by atoms with Crippen LogP contribution in [0.1, 0.15) is 62.3 Å².